The summed E-state index contributed by atoms with van der Waals surface area (Å²) >= 11 is 5.07. The molecule has 3 rings (SSSR count). The molecule has 1 aromatic carbocycles. The minimum atomic E-state index is 0.964. The molecule has 0 saturated carbocycles. The molecule has 0 fully saturated rings. The summed E-state index contributed by atoms with van der Waals surface area (Å²) in [4.78, 5) is 4.34. The number of hydrogen-bond donors (Lipinski definition) is 0. The molecule has 2 heterocycles. The van der Waals surface area contributed by atoms with E-state index < -0.39 is 0 Å². The van der Waals surface area contributed by atoms with Gasteiger partial charge in [0, 0.05) is 22.4 Å². The summed E-state index contributed by atoms with van der Waals surface area (Å²) in [7, 11) is 0. The first-order chi connectivity index (χ1) is 8.78. The van der Waals surface area contributed by atoms with Gasteiger partial charge < -0.3 is 0 Å². The minimum Gasteiger partial charge on any atom is -0.246 e. The Balaban J connectivity index is 2.16. The molecule has 0 radical (unpaired) electrons. The van der Waals surface area contributed by atoms with Gasteiger partial charge in [0.05, 0.1) is 11.2 Å². The summed E-state index contributed by atoms with van der Waals surface area (Å²) in [6.45, 7) is 0. The number of aromatic nitrogens is 3. The Bertz CT molecular complexity index is 691. The van der Waals surface area contributed by atoms with Crippen LogP contribution >= 0.6 is 27.7 Å². The maximum absolute atomic E-state index is 4.57. The van der Waals surface area contributed by atoms with Crippen LogP contribution in [0, 0.1) is 0 Å². The molecule has 90 valence electrons. The smallest absolute Gasteiger partial charge is 0.122 e. The molecular formula is C13H10BrN3S. The Kier molecular flexibility index (Phi) is 3.09. The zero-order valence-corrected chi connectivity index (χ0v) is 12.1. The second-order valence-corrected chi connectivity index (χ2v) is 5.51. The quantitative estimate of drug-likeness (QED) is 0.671. The maximum atomic E-state index is 4.57. The van der Waals surface area contributed by atoms with Gasteiger partial charge in [-0.25, -0.2) is 9.50 Å². The molecule has 0 saturated heterocycles. The van der Waals surface area contributed by atoms with E-state index in [4.69, 9.17) is 0 Å². The van der Waals surface area contributed by atoms with Crippen LogP contribution in [0.5, 0.6) is 0 Å². The lowest BCUT2D eigenvalue weighted by atomic mass is 10.1. The van der Waals surface area contributed by atoms with Crippen LogP contribution in [0.25, 0.3) is 16.8 Å². The van der Waals surface area contributed by atoms with Gasteiger partial charge in [0.1, 0.15) is 5.03 Å². The second kappa shape index (κ2) is 4.74. The molecule has 0 aliphatic carbocycles. The van der Waals surface area contributed by atoms with E-state index in [9.17, 15) is 0 Å². The van der Waals surface area contributed by atoms with Crippen LogP contribution in [0.2, 0.25) is 0 Å². The zero-order chi connectivity index (χ0) is 12.5. The lowest BCUT2D eigenvalue weighted by Crippen LogP contribution is -1.89. The van der Waals surface area contributed by atoms with Gasteiger partial charge in [-0.2, -0.15) is 5.10 Å². The monoisotopic (exact) mass is 319 g/mol. The fraction of sp³-hybridized carbons (Fsp3) is 0.0769. The third-order valence-corrected chi connectivity index (χ3v) is 3.92. The summed E-state index contributed by atoms with van der Waals surface area (Å²) < 4.78 is 2.94. The summed E-state index contributed by atoms with van der Waals surface area (Å²) in [5, 5.41) is 5.56. The Morgan fingerprint density at radius 2 is 2.00 bits per heavy atom. The van der Waals surface area contributed by atoms with Crippen LogP contribution in [0.1, 0.15) is 0 Å². The maximum Gasteiger partial charge on any atom is 0.122 e. The lowest BCUT2D eigenvalue weighted by molar-refractivity contribution is 0.921. The van der Waals surface area contributed by atoms with E-state index >= 15 is 0 Å². The Labute approximate surface area is 117 Å². The van der Waals surface area contributed by atoms with Gasteiger partial charge >= 0.3 is 0 Å². The molecule has 3 nitrogen and oxygen atoms in total. The molecule has 0 aliphatic rings. The molecule has 0 amide bonds. The summed E-state index contributed by atoms with van der Waals surface area (Å²) in [6, 6.07) is 10.2. The van der Waals surface area contributed by atoms with Crippen LogP contribution in [-0.4, -0.2) is 20.9 Å². The van der Waals surface area contributed by atoms with Crippen molar-refractivity contribution in [3.8, 4) is 11.3 Å². The molecule has 3 aromatic rings. The highest BCUT2D eigenvalue weighted by Crippen LogP contribution is 2.25. The molecule has 0 spiro atoms. The topological polar surface area (TPSA) is 30.2 Å². The van der Waals surface area contributed by atoms with Crippen molar-refractivity contribution in [3.05, 3.63) is 47.2 Å². The van der Waals surface area contributed by atoms with Crippen LogP contribution in [0.15, 0.2) is 52.2 Å². The van der Waals surface area contributed by atoms with Gasteiger partial charge in [0.25, 0.3) is 0 Å². The molecule has 0 atom stereocenters. The average molecular weight is 320 g/mol. The van der Waals surface area contributed by atoms with Crippen molar-refractivity contribution >= 4 is 33.2 Å². The number of halogens is 1. The molecule has 2 aromatic heterocycles. The highest BCUT2D eigenvalue weighted by Gasteiger charge is 2.07. The first-order valence-electron chi connectivity index (χ1n) is 5.42. The van der Waals surface area contributed by atoms with Gasteiger partial charge in [0.15, 0.2) is 0 Å². The van der Waals surface area contributed by atoms with E-state index in [-0.39, 0.29) is 0 Å². The standard InChI is InChI=1S/C13H10BrN3S/c1-18-13-12-8-11(16-17(12)7-6-15-13)9-2-4-10(14)5-3-9/h2-8H,1H3. The Hall–Kier alpha value is -1.33. The van der Waals surface area contributed by atoms with E-state index in [2.05, 4.69) is 44.2 Å². The SMILES string of the molecule is CSc1nccn2nc(-c3ccc(Br)cc3)cc12. The lowest BCUT2D eigenvalue weighted by Gasteiger charge is -1.96. The number of benzene rings is 1. The van der Waals surface area contributed by atoms with E-state index in [1.807, 2.05) is 29.1 Å². The summed E-state index contributed by atoms with van der Waals surface area (Å²) in [5.74, 6) is 0. The van der Waals surface area contributed by atoms with Crippen molar-refractivity contribution in [2.75, 3.05) is 6.26 Å². The first-order valence-corrected chi connectivity index (χ1v) is 7.44. The predicted octanol–water partition coefficient (Wildman–Crippen LogP) is 3.88. The largest absolute Gasteiger partial charge is 0.246 e. The van der Waals surface area contributed by atoms with Crippen LogP contribution in [0.3, 0.4) is 0 Å². The summed E-state index contributed by atoms with van der Waals surface area (Å²) in [5.41, 5.74) is 3.11. The predicted molar refractivity (Wildman–Crippen MR) is 77.9 cm³/mol. The fourth-order valence-electron chi connectivity index (χ4n) is 1.82. The molecule has 0 bridgehead atoms. The molecule has 5 heteroatoms. The van der Waals surface area contributed by atoms with Crippen LogP contribution in [0.4, 0.5) is 0 Å². The van der Waals surface area contributed by atoms with E-state index in [1.165, 1.54) is 0 Å². The molecule has 0 aliphatic heterocycles. The Morgan fingerprint density at radius 3 is 2.72 bits per heavy atom. The van der Waals surface area contributed by atoms with E-state index in [1.54, 1.807) is 18.0 Å². The van der Waals surface area contributed by atoms with E-state index in [0.717, 1.165) is 26.3 Å². The molecular weight excluding hydrogens is 310 g/mol. The number of rotatable bonds is 2. The van der Waals surface area contributed by atoms with Crippen molar-refractivity contribution in [2.45, 2.75) is 5.03 Å². The van der Waals surface area contributed by atoms with Crippen molar-refractivity contribution in [1.82, 2.24) is 14.6 Å². The Morgan fingerprint density at radius 1 is 1.22 bits per heavy atom. The van der Waals surface area contributed by atoms with Gasteiger partial charge in [-0.15, -0.1) is 11.8 Å². The highest BCUT2D eigenvalue weighted by molar-refractivity contribution is 9.10. The van der Waals surface area contributed by atoms with Gasteiger partial charge in [-0.3, -0.25) is 0 Å². The van der Waals surface area contributed by atoms with E-state index in [0.29, 0.717) is 0 Å². The van der Waals surface area contributed by atoms with Crippen molar-refractivity contribution in [3.63, 3.8) is 0 Å². The molecule has 0 N–H and O–H groups in total. The number of thioether (sulfide) groups is 1. The number of nitrogens with zero attached hydrogens (tertiary/aromatic N) is 3. The fourth-order valence-corrected chi connectivity index (χ4v) is 2.61. The summed E-state index contributed by atoms with van der Waals surface area (Å²) in [6.07, 6.45) is 5.67. The minimum absolute atomic E-state index is 0.964. The number of hydrogen-bond acceptors (Lipinski definition) is 3. The van der Waals surface area contributed by atoms with Gasteiger partial charge in [-0.05, 0) is 24.5 Å². The zero-order valence-electron chi connectivity index (χ0n) is 9.67. The van der Waals surface area contributed by atoms with Gasteiger partial charge in [0.2, 0.25) is 0 Å². The van der Waals surface area contributed by atoms with Gasteiger partial charge in [-0.1, -0.05) is 28.1 Å². The van der Waals surface area contributed by atoms with Crippen molar-refractivity contribution in [2.24, 2.45) is 0 Å². The average Bonchev–Trinajstić information content (AvgIpc) is 2.83. The molecule has 18 heavy (non-hydrogen) atoms. The second-order valence-electron chi connectivity index (χ2n) is 3.80. The number of fused-ring (bicyclic) bond motifs is 1. The highest BCUT2D eigenvalue weighted by atomic mass is 79.9. The third kappa shape index (κ3) is 2.04. The van der Waals surface area contributed by atoms with Crippen molar-refractivity contribution in [1.29, 1.82) is 0 Å². The normalized spacial score (nSPS) is 11.0. The first kappa shape index (κ1) is 11.7. The van der Waals surface area contributed by atoms with Crippen LogP contribution < -0.4 is 0 Å². The van der Waals surface area contributed by atoms with Crippen LogP contribution in [-0.2, 0) is 0 Å². The molecule has 0 unspecified atom stereocenters. The van der Waals surface area contributed by atoms with Crippen molar-refractivity contribution < 1.29 is 0 Å². The third-order valence-electron chi connectivity index (χ3n) is 2.69.